The molecule has 2 aromatic carbocycles. The molecule has 3 aromatic rings. The van der Waals surface area contributed by atoms with Crippen LogP contribution in [0.1, 0.15) is 78.7 Å². The first-order valence-electron chi connectivity index (χ1n) is 13.8. The fourth-order valence-electron chi connectivity index (χ4n) is 5.67. The van der Waals surface area contributed by atoms with E-state index < -0.39 is 17.2 Å². The third-order valence-electron chi connectivity index (χ3n) is 8.04. The number of aromatic nitrogens is 2. The molecule has 2 aliphatic rings. The van der Waals surface area contributed by atoms with Crippen LogP contribution in [0.4, 0.5) is 8.78 Å². The number of amides is 1. The van der Waals surface area contributed by atoms with Gasteiger partial charge in [-0.1, -0.05) is 43.3 Å². The van der Waals surface area contributed by atoms with E-state index in [1.807, 2.05) is 25.1 Å². The summed E-state index contributed by atoms with van der Waals surface area (Å²) in [5, 5.41) is 9.01. The quantitative estimate of drug-likeness (QED) is 0.320. The number of aryl methyl sites for hydroxylation is 1. The van der Waals surface area contributed by atoms with Gasteiger partial charge in [0.2, 0.25) is 0 Å². The highest BCUT2D eigenvalue weighted by molar-refractivity contribution is 5.97. The molecule has 0 saturated carbocycles. The minimum absolute atomic E-state index is 0.0293. The van der Waals surface area contributed by atoms with Crippen molar-refractivity contribution < 1.29 is 23.5 Å². The van der Waals surface area contributed by atoms with Gasteiger partial charge in [-0.05, 0) is 68.2 Å². The van der Waals surface area contributed by atoms with Crippen molar-refractivity contribution in [2.45, 2.75) is 63.2 Å². The van der Waals surface area contributed by atoms with Crippen LogP contribution in [0.15, 0.2) is 66.5 Å². The van der Waals surface area contributed by atoms with E-state index in [2.05, 4.69) is 12.1 Å². The fraction of sp³-hybridized carbons (Fsp3) is 0.375. The maximum absolute atomic E-state index is 15.4. The van der Waals surface area contributed by atoms with Gasteiger partial charge in [-0.15, -0.1) is 0 Å². The molecule has 5 rings (SSSR count). The first kappa shape index (κ1) is 27.6. The van der Waals surface area contributed by atoms with Gasteiger partial charge in [-0.25, -0.2) is 18.7 Å². The van der Waals surface area contributed by atoms with Gasteiger partial charge in [0.25, 0.3) is 5.91 Å². The summed E-state index contributed by atoms with van der Waals surface area (Å²) in [6.07, 6.45) is 8.19. The lowest BCUT2D eigenvalue weighted by atomic mass is 9.78. The number of nitrogens with zero attached hydrogens (tertiary/aromatic N) is 3. The molecule has 1 atom stereocenters. The molecule has 0 radical (unpaired) electrons. The predicted molar refractivity (Wildman–Crippen MR) is 149 cm³/mol. The van der Waals surface area contributed by atoms with Crippen LogP contribution in [0.3, 0.4) is 0 Å². The van der Waals surface area contributed by atoms with Gasteiger partial charge in [-0.3, -0.25) is 9.59 Å². The van der Waals surface area contributed by atoms with Gasteiger partial charge in [0.15, 0.2) is 0 Å². The monoisotopic (exact) mass is 545 g/mol. The number of likely N-dealkylation sites (tertiary alicyclic amines) is 1. The van der Waals surface area contributed by atoms with E-state index in [-0.39, 0.29) is 23.7 Å². The Balaban J connectivity index is 1.42. The zero-order valence-corrected chi connectivity index (χ0v) is 22.6. The molecule has 40 heavy (non-hydrogen) atoms. The molecule has 6 nitrogen and oxygen atoms in total. The van der Waals surface area contributed by atoms with E-state index in [0.29, 0.717) is 67.1 Å². The minimum Gasteiger partial charge on any atom is -0.481 e. The van der Waals surface area contributed by atoms with Crippen LogP contribution in [0.2, 0.25) is 0 Å². The third kappa shape index (κ3) is 5.96. The molecule has 0 bridgehead atoms. The highest BCUT2D eigenvalue weighted by Gasteiger charge is 2.31. The SMILES string of the molecule is CC1(c2nc3cc(F)c(C(=O)N4CCC(c5ccccc5)CC4)cc3nc2CCCCC(=O)O)C=CC(F)=CC1. The molecular formula is C32H33F2N3O3. The van der Waals surface area contributed by atoms with Gasteiger partial charge in [0.05, 0.1) is 28.0 Å². The van der Waals surface area contributed by atoms with Gasteiger partial charge < -0.3 is 10.0 Å². The van der Waals surface area contributed by atoms with Gasteiger partial charge in [0.1, 0.15) is 11.6 Å². The van der Waals surface area contributed by atoms with Crippen molar-refractivity contribution in [3.8, 4) is 0 Å². The third-order valence-corrected chi connectivity index (χ3v) is 8.04. The van der Waals surface area contributed by atoms with Crippen LogP contribution in [-0.4, -0.2) is 44.9 Å². The van der Waals surface area contributed by atoms with Gasteiger partial charge >= 0.3 is 5.97 Å². The Morgan fingerprint density at radius 1 is 1.05 bits per heavy atom. The number of benzene rings is 2. The summed E-state index contributed by atoms with van der Waals surface area (Å²) in [5.41, 5.74) is 2.57. The first-order valence-corrected chi connectivity index (χ1v) is 13.8. The molecule has 0 spiro atoms. The average molecular weight is 546 g/mol. The summed E-state index contributed by atoms with van der Waals surface area (Å²) in [7, 11) is 0. The number of piperidine rings is 1. The van der Waals surface area contributed by atoms with Crippen molar-refractivity contribution in [2.24, 2.45) is 0 Å². The second-order valence-electron chi connectivity index (χ2n) is 11.0. The number of carbonyl (C=O) groups is 2. The van der Waals surface area contributed by atoms with Crippen LogP contribution in [0.25, 0.3) is 11.0 Å². The average Bonchev–Trinajstić information content (AvgIpc) is 2.96. The fourth-order valence-corrected chi connectivity index (χ4v) is 5.67. The summed E-state index contributed by atoms with van der Waals surface area (Å²) in [6.45, 7) is 3.02. The van der Waals surface area contributed by atoms with E-state index >= 15 is 4.39 Å². The number of carboxylic acid groups (broad SMARTS) is 1. The number of carboxylic acids is 1. The number of hydrogen-bond acceptors (Lipinski definition) is 4. The summed E-state index contributed by atoms with van der Waals surface area (Å²) < 4.78 is 29.1. The van der Waals surface area contributed by atoms with Crippen LogP contribution in [0, 0.1) is 5.82 Å². The lowest BCUT2D eigenvalue weighted by Gasteiger charge is -2.32. The summed E-state index contributed by atoms with van der Waals surface area (Å²) in [5.74, 6) is -1.82. The van der Waals surface area contributed by atoms with Crippen molar-refractivity contribution in [3.63, 3.8) is 0 Å². The van der Waals surface area contributed by atoms with Crippen molar-refractivity contribution >= 4 is 22.9 Å². The number of halogens is 2. The van der Waals surface area contributed by atoms with Crippen molar-refractivity contribution in [1.29, 1.82) is 0 Å². The molecule has 1 aromatic heterocycles. The molecule has 1 amide bonds. The lowest BCUT2D eigenvalue weighted by molar-refractivity contribution is -0.137. The molecule has 1 saturated heterocycles. The molecule has 1 aliphatic carbocycles. The molecule has 1 fully saturated rings. The van der Waals surface area contributed by atoms with E-state index in [1.54, 1.807) is 11.0 Å². The Hall–Kier alpha value is -3.94. The summed E-state index contributed by atoms with van der Waals surface area (Å²) in [4.78, 5) is 35.7. The predicted octanol–water partition coefficient (Wildman–Crippen LogP) is 6.66. The molecule has 2 heterocycles. The molecule has 8 heteroatoms. The highest BCUT2D eigenvalue weighted by atomic mass is 19.1. The number of rotatable bonds is 8. The Morgan fingerprint density at radius 3 is 2.45 bits per heavy atom. The molecule has 208 valence electrons. The largest absolute Gasteiger partial charge is 0.481 e. The number of unbranched alkanes of at least 4 members (excludes halogenated alkanes) is 1. The van der Waals surface area contributed by atoms with Gasteiger partial charge in [0, 0.05) is 31.0 Å². The first-order chi connectivity index (χ1) is 19.2. The Kier molecular flexibility index (Phi) is 8.05. The molecular weight excluding hydrogens is 512 g/mol. The number of carbonyl (C=O) groups excluding carboxylic acids is 1. The standard InChI is InChI=1S/C32H33F2N3O3/c1-32(15-11-23(33)12-16-32)30-26(9-5-6-10-29(38)39)35-27-19-24(25(34)20-28(27)36-30)31(40)37-17-13-22(14-18-37)21-7-3-2-4-8-21/h2-4,7-8,11-12,15,19-20,22H,5-6,9-10,13-14,16-18H2,1H3,(H,38,39). The van der Waals surface area contributed by atoms with Gasteiger partial charge in [-0.2, -0.15) is 0 Å². The Morgan fingerprint density at radius 2 is 1.77 bits per heavy atom. The second-order valence-corrected chi connectivity index (χ2v) is 11.0. The maximum atomic E-state index is 15.4. The number of aliphatic carboxylic acids is 1. The zero-order valence-electron chi connectivity index (χ0n) is 22.6. The molecule has 1 aliphatic heterocycles. The normalized spacial score (nSPS) is 19.6. The van der Waals surface area contributed by atoms with Crippen LogP contribution in [-0.2, 0) is 16.6 Å². The van der Waals surface area contributed by atoms with Crippen molar-refractivity contribution in [1.82, 2.24) is 14.9 Å². The van der Waals surface area contributed by atoms with Crippen LogP contribution < -0.4 is 0 Å². The van der Waals surface area contributed by atoms with Crippen molar-refractivity contribution in [2.75, 3.05) is 13.1 Å². The molecule has 1 unspecified atom stereocenters. The summed E-state index contributed by atoms with van der Waals surface area (Å²) in [6, 6.07) is 13.0. The van der Waals surface area contributed by atoms with E-state index in [4.69, 9.17) is 15.1 Å². The highest BCUT2D eigenvalue weighted by Crippen LogP contribution is 2.36. The minimum atomic E-state index is -0.862. The van der Waals surface area contributed by atoms with E-state index in [1.165, 1.54) is 29.8 Å². The molecule has 1 N–H and O–H groups in total. The maximum Gasteiger partial charge on any atom is 0.303 e. The zero-order chi connectivity index (χ0) is 28.3. The topological polar surface area (TPSA) is 83.4 Å². The van der Waals surface area contributed by atoms with E-state index in [9.17, 15) is 14.0 Å². The smallest absolute Gasteiger partial charge is 0.303 e. The Bertz CT molecular complexity index is 1480. The van der Waals surface area contributed by atoms with Crippen molar-refractivity contribution in [3.05, 3.63) is 94.9 Å². The summed E-state index contributed by atoms with van der Waals surface area (Å²) >= 11 is 0. The van der Waals surface area contributed by atoms with E-state index in [0.717, 1.165) is 12.8 Å². The number of allylic oxidation sites excluding steroid dienone is 4. The number of fused-ring (bicyclic) bond motifs is 1. The van der Waals surface area contributed by atoms with Crippen LogP contribution >= 0.6 is 0 Å². The van der Waals surface area contributed by atoms with Crippen LogP contribution in [0.5, 0.6) is 0 Å². The second kappa shape index (κ2) is 11.7. The lowest BCUT2D eigenvalue weighted by Crippen LogP contribution is -2.38. The number of hydrogen-bond donors (Lipinski definition) is 1. The Labute approximate surface area is 232 Å².